The van der Waals surface area contributed by atoms with Gasteiger partial charge in [0.25, 0.3) is 0 Å². The molecule has 0 aromatic heterocycles. The Labute approximate surface area is 92.2 Å². The van der Waals surface area contributed by atoms with E-state index < -0.39 is 11.5 Å². The van der Waals surface area contributed by atoms with Crippen LogP contribution in [0.2, 0.25) is 0 Å². The molecule has 0 heterocycles. The lowest BCUT2D eigenvalue weighted by Gasteiger charge is -2.02. The molecule has 0 saturated carbocycles. The summed E-state index contributed by atoms with van der Waals surface area (Å²) in [6.45, 7) is 0.366. The molecule has 4 nitrogen and oxygen atoms in total. The van der Waals surface area contributed by atoms with Crippen LogP contribution in [0.4, 0.5) is 0 Å². The summed E-state index contributed by atoms with van der Waals surface area (Å²) in [5.41, 5.74) is 0. The van der Waals surface area contributed by atoms with Gasteiger partial charge in [0.05, 0.1) is 13.2 Å². The van der Waals surface area contributed by atoms with Gasteiger partial charge in [0.1, 0.15) is 13.2 Å². The molecule has 1 rings (SSSR count). The van der Waals surface area contributed by atoms with Crippen LogP contribution in [-0.4, -0.2) is 36.6 Å². The predicted octanol–water partition coefficient (Wildman–Crippen LogP) is 0.512. The van der Waals surface area contributed by atoms with Gasteiger partial charge in [0, 0.05) is 12.1 Å². The first kappa shape index (κ1) is 12.5. The van der Waals surface area contributed by atoms with E-state index >= 15 is 0 Å². The zero-order valence-corrected chi connectivity index (χ0v) is 9.15. The van der Waals surface area contributed by atoms with Gasteiger partial charge in [-0.25, -0.2) is 0 Å². The van der Waals surface area contributed by atoms with Crippen LogP contribution >= 0.6 is 0 Å². The number of aliphatic hydroxyl groups excluding tert-OH is 2. The van der Waals surface area contributed by atoms with Gasteiger partial charge in [-0.15, -0.1) is 8.37 Å². The minimum atomic E-state index is -0.808. The molecule has 1 aromatic carbocycles. The summed E-state index contributed by atoms with van der Waals surface area (Å²) in [7, 11) is 0. The summed E-state index contributed by atoms with van der Waals surface area (Å²) in [5.74, 6) is 0. The highest BCUT2D eigenvalue weighted by atomic mass is 32.2. The fraction of sp³-hybridized carbons (Fsp3) is 0.400. The first-order chi connectivity index (χ1) is 7.38. The highest BCUT2D eigenvalue weighted by Crippen LogP contribution is 2.15. The molecule has 0 atom stereocenters. The summed E-state index contributed by atoms with van der Waals surface area (Å²) in [6, 6.07) is 9.46. The van der Waals surface area contributed by atoms with E-state index in [0.717, 1.165) is 4.90 Å². The summed E-state index contributed by atoms with van der Waals surface area (Å²) < 4.78 is 10.6. The number of hydrogen-bond acceptors (Lipinski definition) is 4. The van der Waals surface area contributed by atoms with E-state index in [4.69, 9.17) is 18.6 Å². The van der Waals surface area contributed by atoms with Crippen molar-refractivity contribution >= 4 is 11.5 Å². The number of aliphatic hydroxyl groups is 2. The lowest BCUT2D eigenvalue weighted by Crippen LogP contribution is -2.16. The Morgan fingerprint density at radius 2 is 1.47 bits per heavy atom. The van der Waals surface area contributed by atoms with Gasteiger partial charge < -0.3 is 10.2 Å². The fourth-order valence-electron chi connectivity index (χ4n) is 0.928. The van der Waals surface area contributed by atoms with Gasteiger partial charge in [-0.3, -0.25) is 0 Å². The third-order valence-electron chi connectivity index (χ3n) is 1.50. The number of rotatable bonds is 7. The molecule has 0 spiro atoms. The topological polar surface area (TPSA) is 58.9 Å². The molecule has 0 bridgehead atoms. The van der Waals surface area contributed by atoms with Gasteiger partial charge in [-0.2, -0.15) is 0 Å². The van der Waals surface area contributed by atoms with Crippen molar-refractivity contribution in [2.45, 2.75) is 4.90 Å². The van der Waals surface area contributed by atoms with Crippen LogP contribution in [-0.2, 0) is 19.8 Å². The molecular weight excluding hydrogens is 216 g/mol. The van der Waals surface area contributed by atoms with E-state index in [-0.39, 0.29) is 26.4 Å². The van der Waals surface area contributed by atoms with E-state index in [9.17, 15) is 0 Å². The number of hydrogen-bond donors (Lipinski definition) is 2. The lowest BCUT2D eigenvalue weighted by molar-refractivity contribution is 0.172. The predicted molar refractivity (Wildman–Crippen MR) is 58.1 cm³/mol. The molecular formula is C10H15O4S+. The second-order valence-electron chi connectivity index (χ2n) is 2.64. The summed E-state index contributed by atoms with van der Waals surface area (Å²) in [6.07, 6.45) is 0. The maximum atomic E-state index is 8.66. The molecule has 0 aliphatic carbocycles. The summed E-state index contributed by atoms with van der Waals surface area (Å²) in [4.78, 5) is 0.902. The Morgan fingerprint density at radius 1 is 0.933 bits per heavy atom. The molecule has 1 aromatic rings. The maximum absolute atomic E-state index is 8.66. The molecule has 0 unspecified atom stereocenters. The Morgan fingerprint density at radius 3 is 1.93 bits per heavy atom. The maximum Gasteiger partial charge on any atom is 0.356 e. The largest absolute Gasteiger partial charge is 0.394 e. The van der Waals surface area contributed by atoms with Crippen molar-refractivity contribution in [2.75, 3.05) is 26.4 Å². The monoisotopic (exact) mass is 231 g/mol. The van der Waals surface area contributed by atoms with Crippen molar-refractivity contribution < 1.29 is 18.6 Å². The average Bonchev–Trinajstić information content (AvgIpc) is 2.30. The highest BCUT2D eigenvalue weighted by molar-refractivity contribution is 7.87. The SMILES string of the molecule is OCCO[S+](OCCO)c1ccccc1. The van der Waals surface area contributed by atoms with Crippen molar-refractivity contribution in [1.82, 2.24) is 0 Å². The molecule has 0 fully saturated rings. The smallest absolute Gasteiger partial charge is 0.356 e. The minimum absolute atomic E-state index is 0.0428. The Balaban J connectivity index is 2.55. The standard InChI is InChI=1S/C10H15O4S/c11-6-8-13-15(14-9-7-12)10-4-2-1-3-5-10/h1-5,11-12H,6-9H2/q+1. The highest BCUT2D eigenvalue weighted by Gasteiger charge is 2.26. The van der Waals surface area contributed by atoms with Crippen molar-refractivity contribution in [2.24, 2.45) is 0 Å². The second-order valence-corrected chi connectivity index (χ2v) is 4.05. The Kier molecular flexibility index (Phi) is 6.38. The van der Waals surface area contributed by atoms with E-state index in [1.165, 1.54) is 0 Å². The molecule has 0 radical (unpaired) electrons. The molecule has 0 aliphatic heterocycles. The van der Waals surface area contributed by atoms with E-state index in [0.29, 0.717) is 0 Å². The van der Waals surface area contributed by atoms with Crippen LogP contribution in [0.1, 0.15) is 0 Å². The summed E-state index contributed by atoms with van der Waals surface area (Å²) >= 11 is -0.808. The first-order valence-electron chi connectivity index (χ1n) is 4.66. The molecule has 2 N–H and O–H groups in total. The van der Waals surface area contributed by atoms with Crippen LogP contribution in [0.5, 0.6) is 0 Å². The molecule has 5 heteroatoms. The molecule has 0 amide bonds. The van der Waals surface area contributed by atoms with Crippen molar-refractivity contribution in [3.63, 3.8) is 0 Å². The molecule has 84 valence electrons. The van der Waals surface area contributed by atoms with Crippen molar-refractivity contribution in [3.8, 4) is 0 Å². The van der Waals surface area contributed by atoms with Crippen LogP contribution in [0.3, 0.4) is 0 Å². The van der Waals surface area contributed by atoms with Gasteiger partial charge in [0.2, 0.25) is 4.90 Å². The Bertz CT molecular complexity index is 247. The zero-order chi connectivity index (χ0) is 10.9. The second kappa shape index (κ2) is 7.67. The lowest BCUT2D eigenvalue weighted by atomic mass is 10.4. The molecule has 0 aliphatic rings. The van der Waals surface area contributed by atoms with Crippen LogP contribution in [0, 0.1) is 0 Å². The van der Waals surface area contributed by atoms with Gasteiger partial charge >= 0.3 is 11.5 Å². The molecule has 0 saturated heterocycles. The van der Waals surface area contributed by atoms with Gasteiger partial charge in [-0.1, -0.05) is 18.2 Å². The molecule has 15 heavy (non-hydrogen) atoms. The average molecular weight is 231 g/mol. The first-order valence-corrected chi connectivity index (χ1v) is 5.73. The van der Waals surface area contributed by atoms with Crippen LogP contribution in [0.25, 0.3) is 0 Å². The quantitative estimate of drug-likeness (QED) is 0.671. The third kappa shape index (κ3) is 4.63. The van der Waals surface area contributed by atoms with Gasteiger partial charge in [-0.05, 0) is 0 Å². The third-order valence-corrected chi connectivity index (χ3v) is 2.92. The van der Waals surface area contributed by atoms with E-state index in [1.54, 1.807) is 0 Å². The van der Waals surface area contributed by atoms with Crippen molar-refractivity contribution in [1.29, 1.82) is 0 Å². The Hall–Kier alpha value is -0.590. The van der Waals surface area contributed by atoms with Crippen LogP contribution in [0.15, 0.2) is 35.2 Å². The van der Waals surface area contributed by atoms with E-state index in [2.05, 4.69) is 0 Å². The van der Waals surface area contributed by atoms with Gasteiger partial charge in [0.15, 0.2) is 0 Å². The minimum Gasteiger partial charge on any atom is -0.394 e. The normalized spacial score (nSPS) is 10.9. The van der Waals surface area contributed by atoms with Crippen LogP contribution < -0.4 is 0 Å². The van der Waals surface area contributed by atoms with Crippen molar-refractivity contribution in [3.05, 3.63) is 30.3 Å². The van der Waals surface area contributed by atoms with E-state index in [1.807, 2.05) is 30.3 Å². The summed E-state index contributed by atoms with van der Waals surface area (Å²) in [5, 5.41) is 17.3. The zero-order valence-electron chi connectivity index (χ0n) is 8.33. The number of benzene rings is 1. The fourth-order valence-corrected chi connectivity index (χ4v) is 2.10.